The first-order chi connectivity index (χ1) is 20.2. The molecule has 0 aliphatic carbocycles. The van der Waals surface area contributed by atoms with Crippen LogP contribution in [0.5, 0.6) is 0 Å². The Labute approximate surface area is 240 Å². The molecule has 3 heterocycles. The summed E-state index contributed by atoms with van der Waals surface area (Å²) >= 11 is 1.83. The predicted octanol–water partition coefficient (Wildman–Crippen LogP) is 11.4. The third kappa shape index (κ3) is 3.43. The van der Waals surface area contributed by atoms with Gasteiger partial charge in [-0.3, -0.25) is 0 Å². The third-order valence-electron chi connectivity index (χ3n) is 8.46. The molecule has 41 heavy (non-hydrogen) atoms. The molecule has 0 spiro atoms. The second-order valence-electron chi connectivity index (χ2n) is 10.9. The average molecular weight is 545 g/mol. The normalized spacial score (nSPS) is 12.1. The molecule has 2 nitrogen and oxygen atoms in total. The standard InChI is InChI=1S/C38H24O2S/c1-22-8-5-6-11-27(22)28-19-24(14-15-25(28)18-23-9-3-2-4-10-23)26-20-32-36-34(21-26)41-33-17-16-31-37(38(33)36)35-29(39-31)12-7-13-30(35)40-32/h2-17,19-21H,18H2,1H3. The molecule has 0 N–H and O–H groups in total. The summed E-state index contributed by atoms with van der Waals surface area (Å²) in [5.74, 6) is 0. The second kappa shape index (κ2) is 8.57. The summed E-state index contributed by atoms with van der Waals surface area (Å²) in [6, 6.07) is 41.3. The predicted molar refractivity (Wildman–Crippen MR) is 172 cm³/mol. The van der Waals surface area contributed by atoms with Crippen LogP contribution in [0.1, 0.15) is 16.7 Å². The lowest BCUT2D eigenvalue weighted by Crippen LogP contribution is -1.95. The van der Waals surface area contributed by atoms with Crippen LogP contribution in [0.4, 0.5) is 0 Å². The number of furan rings is 1. The molecule has 0 fully saturated rings. The van der Waals surface area contributed by atoms with E-state index in [1.165, 1.54) is 53.6 Å². The molecule has 0 bridgehead atoms. The maximum atomic E-state index is 6.72. The van der Waals surface area contributed by atoms with Gasteiger partial charge in [-0.15, -0.1) is 11.3 Å². The lowest BCUT2D eigenvalue weighted by atomic mass is 9.89. The van der Waals surface area contributed by atoms with Gasteiger partial charge in [-0.25, -0.2) is 0 Å². The van der Waals surface area contributed by atoms with Crippen molar-refractivity contribution in [1.29, 1.82) is 0 Å². The van der Waals surface area contributed by atoms with Crippen molar-refractivity contribution in [3.05, 3.63) is 132 Å². The van der Waals surface area contributed by atoms with Crippen LogP contribution in [0.15, 0.2) is 124 Å². The number of aryl methyl sites for hydroxylation is 1. The Morgan fingerprint density at radius 3 is 2.15 bits per heavy atom. The summed E-state index contributed by atoms with van der Waals surface area (Å²) in [6.45, 7) is 2.20. The molecule has 9 aromatic rings. The van der Waals surface area contributed by atoms with Crippen LogP contribution in [-0.2, 0) is 6.42 Å². The zero-order valence-electron chi connectivity index (χ0n) is 22.4. The Morgan fingerprint density at radius 2 is 1.29 bits per heavy atom. The van der Waals surface area contributed by atoms with Crippen LogP contribution in [0.25, 0.3) is 75.5 Å². The van der Waals surface area contributed by atoms with Crippen molar-refractivity contribution in [1.82, 2.24) is 0 Å². The van der Waals surface area contributed by atoms with Gasteiger partial charge in [0.1, 0.15) is 22.3 Å². The fraction of sp³-hybridized carbons (Fsp3) is 0.0526. The van der Waals surface area contributed by atoms with Crippen molar-refractivity contribution in [3.63, 3.8) is 0 Å². The smallest absolute Gasteiger partial charge is 0.139 e. The number of hydrogen-bond donors (Lipinski definition) is 0. The zero-order chi connectivity index (χ0) is 27.1. The van der Waals surface area contributed by atoms with E-state index >= 15 is 0 Å². The SMILES string of the molecule is Cc1ccccc1-c1cc(-c2cc3oc4cccc5oc6ccc7sc(c2)c3c7c6c45)ccc1Cc1ccccc1. The summed E-state index contributed by atoms with van der Waals surface area (Å²) in [7, 11) is 0. The quantitative estimate of drug-likeness (QED) is 0.220. The lowest BCUT2D eigenvalue weighted by molar-refractivity contribution is 0.657. The summed E-state index contributed by atoms with van der Waals surface area (Å²) in [5.41, 5.74) is 12.4. The molecule has 0 atom stereocenters. The van der Waals surface area contributed by atoms with E-state index < -0.39 is 0 Å². The van der Waals surface area contributed by atoms with Crippen molar-refractivity contribution >= 4 is 64.6 Å². The minimum atomic E-state index is 0.854. The van der Waals surface area contributed by atoms with E-state index in [0.29, 0.717) is 0 Å². The molecule has 0 saturated heterocycles. The molecule has 0 saturated carbocycles. The highest BCUT2D eigenvalue weighted by atomic mass is 32.1. The molecule has 0 amide bonds. The molecule has 3 heteroatoms. The van der Waals surface area contributed by atoms with Crippen LogP contribution in [0, 0.1) is 6.92 Å². The van der Waals surface area contributed by atoms with Gasteiger partial charge in [0.15, 0.2) is 0 Å². The van der Waals surface area contributed by atoms with E-state index in [-0.39, 0.29) is 0 Å². The first-order valence-corrected chi connectivity index (χ1v) is 14.8. The van der Waals surface area contributed by atoms with E-state index in [1.54, 1.807) is 0 Å². The molecule has 0 radical (unpaired) electrons. The largest absolute Gasteiger partial charge is 0.456 e. The Balaban J connectivity index is 1.30. The fourth-order valence-electron chi connectivity index (χ4n) is 6.53. The first-order valence-electron chi connectivity index (χ1n) is 14.0. The summed E-state index contributed by atoms with van der Waals surface area (Å²) < 4.78 is 15.4. The second-order valence-corrected chi connectivity index (χ2v) is 12.0. The van der Waals surface area contributed by atoms with Crippen molar-refractivity contribution in [2.45, 2.75) is 13.3 Å². The zero-order valence-corrected chi connectivity index (χ0v) is 23.2. The van der Waals surface area contributed by atoms with Crippen LogP contribution in [0.3, 0.4) is 0 Å². The molecule has 0 unspecified atom stereocenters. The van der Waals surface area contributed by atoms with Crippen molar-refractivity contribution in [2.75, 3.05) is 0 Å². The van der Waals surface area contributed by atoms with Gasteiger partial charge < -0.3 is 8.83 Å². The van der Waals surface area contributed by atoms with E-state index in [2.05, 4.69) is 110 Å². The molecule has 194 valence electrons. The van der Waals surface area contributed by atoms with E-state index in [9.17, 15) is 0 Å². The molecule has 6 aromatic carbocycles. The van der Waals surface area contributed by atoms with Gasteiger partial charge in [0, 0.05) is 25.6 Å². The van der Waals surface area contributed by atoms with E-state index in [4.69, 9.17) is 8.83 Å². The highest BCUT2D eigenvalue weighted by Gasteiger charge is 2.21. The van der Waals surface area contributed by atoms with Crippen LogP contribution in [-0.4, -0.2) is 0 Å². The van der Waals surface area contributed by atoms with Crippen LogP contribution in [0.2, 0.25) is 0 Å². The van der Waals surface area contributed by atoms with Crippen LogP contribution < -0.4 is 0 Å². The van der Waals surface area contributed by atoms with Crippen molar-refractivity contribution in [3.8, 4) is 22.3 Å². The maximum Gasteiger partial charge on any atom is 0.139 e. The Kier molecular flexibility index (Phi) is 4.79. The average Bonchev–Trinajstić information content (AvgIpc) is 3.52. The first kappa shape index (κ1) is 22.9. The van der Waals surface area contributed by atoms with E-state index in [1.807, 2.05) is 23.5 Å². The highest BCUT2D eigenvalue weighted by Crippen LogP contribution is 2.48. The topological polar surface area (TPSA) is 26.3 Å². The maximum absolute atomic E-state index is 6.72. The van der Waals surface area contributed by atoms with Crippen LogP contribution >= 0.6 is 11.3 Å². The van der Waals surface area contributed by atoms with Gasteiger partial charge in [-0.2, -0.15) is 0 Å². The number of rotatable bonds is 4. The lowest BCUT2D eigenvalue weighted by Gasteiger charge is -2.15. The number of hydrogen-bond acceptors (Lipinski definition) is 3. The third-order valence-corrected chi connectivity index (χ3v) is 9.56. The Bertz CT molecular complexity index is 2400. The number of benzene rings is 6. The number of thiophene rings is 1. The summed E-state index contributed by atoms with van der Waals surface area (Å²) in [5, 5.41) is 4.65. The van der Waals surface area contributed by atoms with Gasteiger partial charge in [0.25, 0.3) is 0 Å². The van der Waals surface area contributed by atoms with Gasteiger partial charge in [-0.05, 0) is 94.8 Å². The summed E-state index contributed by atoms with van der Waals surface area (Å²) in [4.78, 5) is 0. The highest BCUT2D eigenvalue weighted by molar-refractivity contribution is 7.26. The minimum Gasteiger partial charge on any atom is -0.456 e. The molecule has 0 aliphatic rings. The van der Waals surface area contributed by atoms with Gasteiger partial charge in [-0.1, -0.05) is 72.8 Å². The van der Waals surface area contributed by atoms with E-state index in [0.717, 1.165) is 45.1 Å². The molecule has 0 aliphatic heterocycles. The minimum absolute atomic E-state index is 0.854. The van der Waals surface area contributed by atoms with Crippen molar-refractivity contribution < 1.29 is 8.83 Å². The fourth-order valence-corrected chi connectivity index (χ4v) is 7.70. The molecule has 9 rings (SSSR count). The Morgan fingerprint density at radius 1 is 0.512 bits per heavy atom. The summed E-state index contributed by atoms with van der Waals surface area (Å²) in [6.07, 6.45) is 0.890. The van der Waals surface area contributed by atoms with Gasteiger partial charge in [0.05, 0.1) is 5.39 Å². The molecular formula is C38H24O2S. The Hall–Kier alpha value is -4.86. The van der Waals surface area contributed by atoms with Gasteiger partial charge >= 0.3 is 0 Å². The molecular weight excluding hydrogens is 520 g/mol. The molecule has 3 aromatic heterocycles. The van der Waals surface area contributed by atoms with Crippen molar-refractivity contribution in [2.24, 2.45) is 0 Å². The monoisotopic (exact) mass is 544 g/mol. The van der Waals surface area contributed by atoms with Gasteiger partial charge in [0.2, 0.25) is 0 Å².